The minimum Gasteiger partial charge on any atom is -0.378 e. The zero-order chi connectivity index (χ0) is 21.7. The normalized spacial score (nSPS) is 15.5. The van der Waals surface area contributed by atoms with Crippen molar-refractivity contribution < 1.29 is 17.9 Å². The first-order valence-corrected chi connectivity index (χ1v) is 12.0. The summed E-state index contributed by atoms with van der Waals surface area (Å²) >= 11 is 0. The second-order valence-corrected chi connectivity index (χ2v) is 9.25. The molecule has 8 heteroatoms. The van der Waals surface area contributed by atoms with Crippen LogP contribution in [-0.2, 0) is 26.0 Å². The number of nitrogens with zero attached hydrogens (tertiary/aromatic N) is 2. The van der Waals surface area contributed by atoms with Gasteiger partial charge in [0.25, 0.3) is 0 Å². The van der Waals surface area contributed by atoms with Crippen LogP contribution in [0.2, 0.25) is 0 Å². The van der Waals surface area contributed by atoms with Crippen LogP contribution in [0.15, 0.2) is 48.5 Å². The Labute approximate surface area is 178 Å². The van der Waals surface area contributed by atoms with Gasteiger partial charge in [-0.2, -0.15) is 0 Å². The standard InChI is InChI=1S/C22H29N3O4S/c1-4-18-5-9-21(10-6-18)25(30(3,27)28)17(2)22(26)23-19-7-11-20(12-8-19)24-13-15-29-16-14-24/h5-12,17H,4,13-16H2,1-3H3,(H,23,26)/t17-/m0/s1. The third kappa shape index (κ3) is 5.31. The minimum absolute atomic E-state index is 0.390. The summed E-state index contributed by atoms with van der Waals surface area (Å²) in [5.41, 5.74) is 3.27. The van der Waals surface area contributed by atoms with Gasteiger partial charge in [0.05, 0.1) is 25.2 Å². The van der Waals surface area contributed by atoms with Crippen molar-refractivity contribution in [2.75, 3.05) is 47.1 Å². The lowest BCUT2D eigenvalue weighted by molar-refractivity contribution is -0.116. The molecule has 1 N–H and O–H groups in total. The maximum absolute atomic E-state index is 12.8. The number of morpholine rings is 1. The molecule has 1 aliphatic rings. The van der Waals surface area contributed by atoms with E-state index in [1.165, 1.54) is 0 Å². The molecular formula is C22H29N3O4S. The molecule has 0 saturated carbocycles. The first kappa shape index (κ1) is 22.1. The molecule has 0 aliphatic carbocycles. The Bertz CT molecular complexity index is 953. The van der Waals surface area contributed by atoms with Gasteiger partial charge in [-0.25, -0.2) is 8.42 Å². The van der Waals surface area contributed by atoms with Crippen LogP contribution in [0.5, 0.6) is 0 Å². The fourth-order valence-electron chi connectivity index (χ4n) is 3.51. The Morgan fingerprint density at radius 1 is 1.10 bits per heavy atom. The zero-order valence-electron chi connectivity index (χ0n) is 17.7. The van der Waals surface area contributed by atoms with Gasteiger partial charge < -0.3 is 15.0 Å². The van der Waals surface area contributed by atoms with Crippen LogP contribution in [0.4, 0.5) is 17.1 Å². The van der Waals surface area contributed by atoms with Crippen molar-refractivity contribution in [3.8, 4) is 0 Å². The summed E-state index contributed by atoms with van der Waals surface area (Å²) in [6.07, 6.45) is 1.97. The summed E-state index contributed by atoms with van der Waals surface area (Å²) < 4.78 is 31.4. The number of aryl methyl sites for hydroxylation is 1. The zero-order valence-corrected chi connectivity index (χ0v) is 18.5. The number of nitrogens with one attached hydrogen (secondary N) is 1. The molecule has 0 spiro atoms. The SMILES string of the molecule is CCc1ccc(N([C@@H](C)C(=O)Nc2ccc(N3CCOCC3)cc2)S(C)(=O)=O)cc1. The first-order valence-electron chi connectivity index (χ1n) is 10.1. The van der Waals surface area contributed by atoms with Gasteiger partial charge in [0.1, 0.15) is 6.04 Å². The maximum atomic E-state index is 12.8. The number of benzene rings is 2. The van der Waals surface area contributed by atoms with E-state index in [9.17, 15) is 13.2 Å². The number of sulfonamides is 1. The number of carbonyl (C=O) groups is 1. The molecule has 0 aromatic heterocycles. The third-order valence-corrected chi connectivity index (χ3v) is 6.44. The number of hydrogen-bond donors (Lipinski definition) is 1. The fraction of sp³-hybridized carbons (Fsp3) is 0.409. The largest absolute Gasteiger partial charge is 0.378 e. The van der Waals surface area contributed by atoms with Crippen molar-refractivity contribution in [2.24, 2.45) is 0 Å². The number of ether oxygens (including phenoxy) is 1. The molecule has 1 fully saturated rings. The molecule has 0 radical (unpaired) electrons. The Morgan fingerprint density at radius 3 is 2.23 bits per heavy atom. The highest BCUT2D eigenvalue weighted by atomic mass is 32.2. The second kappa shape index (κ2) is 9.49. The van der Waals surface area contributed by atoms with Crippen LogP contribution in [0, 0.1) is 0 Å². The van der Waals surface area contributed by atoms with E-state index in [1.807, 2.05) is 43.3 Å². The van der Waals surface area contributed by atoms with Gasteiger partial charge in [-0.15, -0.1) is 0 Å². The molecule has 1 atom stereocenters. The average molecular weight is 432 g/mol. The molecule has 1 heterocycles. The van der Waals surface area contributed by atoms with Gasteiger partial charge in [-0.05, 0) is 55.3 Å². The predicted molar refractivity (Wildman–Crippen MR) is 121 cm³/mol. The van der Waals surface area contributed by atoms with Crippen molar-refractivity contribution in [1.29, 1.82) is 0 Å². The van der Waals surface area contributed by atoms with E-state index in [0.717, 1.165) is 41.3 Å². The number of anilines is 3. The van der Waals surface area contributed by atoms with Gasteiger partial charge in [0.15, 0.2) is 0 Å². The first-order chi connectivity index (χ1) is 14.3. The van der Waals surface area contributed by atoms with E-state index in [-0.39, 0.29) is 5.91 Å². The van der Waals surface area contributed by atoms with Crippen LogP contribution in [0.25, 0.3) is 0 Å². The van der Waals surface area contributed by atoms with Gasteiger partial charge >= 0.3 is 0 Å². The van der Waals surface area contributed by atoms with Crippen LogP contribution >= 0.6 is 0 Å². The van der Waals surface area contributed by atoms with Crippen molar-refractivity contribution in [3.05, 3.63) is 54.1 Å². The van der Waals surface area contributed by atoms with E-state index < -0.39 is 16.1 Å². The number of amides is 1. The van der Waals surface area contributed by atoms with E-state index in [2.05, 4.69) is 10.2 Å². The van der Waals surface area contributed by atoms with Crippen molar-refractivity contribution in [3.63, 3.8) is 0 Å². The van der Waals surface area contributed by atoms with E-state index in [1.54, 1.807) is 19.1 Å². The Hall–Kier alpha value is -2.58. The lowest BCUT2D eigenvalue weighted by Crippen LogP contribution is -2.45. The van der Waals surface area contributed by atoms with Gasteiger partial charge in [0, 0.05) is 24.5 Å². The quantitative estimate of drug-likeness (QED) is 0.729. The Balaban J connectivity index is 1.73. The van der Waals surface area contributed by atoms with Crippen LogP contribution in [0.1, 0.15) is 19.4 Å². The summed E-state index contributed by atoms with van der Waals surface area (Å²) in [5, 5.41) is 2.83. The molecule has 162 valence electrons. The molecule has 2 aromatic rings. The molecule has 30 heavy (non-hydrogen) atoms. The molecule has 1 aliphatic heterocycles. The molecule has 1 saturated heterocycles. The molecular weight excluding hydrogens is 402 g/mol. The van der Waals surface area contributed by atoms with E-state index in [4.69, 9.17) is 4.74 Å². The molecule has 2 aromatic carbocycles. The predicted octanol–water partition coefficient (Wildman–Crippen LogP) is 2.88. The second-order valence-electron chi connectivity index (χ2n) is 7.39. The fourth-order valence-corrected chi connectivity index (χ4v) is 4.69. The smallest absolute Gasteiger partial charge is 0.247 e. The summed E-state index contributed by atoms with van der Waals surface area (Å²) in [5.74, 6) is -0.390. The third-order valence-electron chi connectivity index (χ3n) is 5.20. The molecule has 7 nitrogen and oxygen atoms in total. The van der Waals surface area contributed by atoms with Crippen LogP contribution in [-0.4, -0.2) is 52.9 Å². The van der Waals surface area contributed by atoms with Crippen molar-refractivity contribution >= 4 is 33.0 Å². The molecule has 1 amide bonds. The van der Waals surface area contributed by atoms with Gasteiger partial charge in [-0.3, -0.25) is 9.10 Å². The average Bonchev–Trinajstić information content (AvgIpc) is 2.74. The van der Waals surface area contributed by atoms with Crippen LogP contribution < -0.4 is 14.5 Å². The minimum atomic E-state index is -3.64. The van der Waals surface area contributed by atoms with Crippen LogP contribution in [0.3, 0.4) is 0 Å². The van der Waals surface area contributed by atoms with E-state index in [0.29, 0.717) is 24.6 Å². The van der Waals surface area contributed by atoms with Gasteiger partial charge in [0.2, 0.25) is 15.9 Å². The Morgan fingerprint density at radius 2 is 1.70 bits per heavy atom. The summed E-state index contributed by atoms with van der Waals surface area (Å²) in [6.45, 7) is 6.70. The number of hydrogen-bond acceptors (Lipinski definition) is 5. The maximum Gasteiger partial charge on any atom is 0.247 e. The highest BCUT2D eigenvalue weighted by molar-refractivity contribution is 7.92. The molecule has 0 unspecified atom stereocenters. The summed E-state index contributed by atoms with van der Waals surface area (Å²) in [7, 11) is -3.64. The lowest BCUT2D eigenvalue weighted by atomic mass is 10.1. The summed E-state index contributed by atoms with van der Waals surface area (Å²) in [4.78, 5) is 15.1. The number of rotatable bonds is 7. The van der Waals surface area contributed by atoms with Gasteiger partial charge in [-0.1, -0.05) is 19.1 Å². The highest BCUT2D eigenvalue weighted by Crippen LogP contribution is 2.23. The topological polar surface area (TPSA) is 79.0 Å². The van der Waals surface area contributed by atoms with Crippen molar-refractivity contribution in [1.82, 2.24) is 0 Å². The van der Waals surface area contributed by atoms with Crippen molar-refractivity contribution in [2.45, 2.75) is 26.3 Å². The molecule has 0 bridgehead atoms. The number of carbonyl (C=O) groups excluding carboxylic acids is 1. The van der Waals surface area contributed by atoms with E-state index >= 15 is 0 Å². The monoisotopic (exact) mass is 431 g/mol. The summed E-state index contributed by atoms with van der Waals surface area (Å²) in [6, 6.07) is 13.9. The lowest BCUT2D eigenvalue weighted by Gasteiger charge is -2.29. The highest BCUT2D eigenvalue weighted by Gasteiger charge is 2.29. The molecule has 3 rings (SSSR count). The Kier molecular flexibility index (Phi) is 6.99.